The molecule has 2 nitrogen and oxygen atoms in total. The van der Waals surface area contributed by atoms with Crippen LogP contribution in [0.15, 0.2) is 54.7 Å². The van der Waals surface area contributed by atoms with E-state index in [0.29, 0.717) is 12.0 Å². The van der Waals surface area contributed by atoms with Crippen molar-refractivity contribution in [1.82, 2.24) is 10.3 Å². The first kappa shape index (κ1) is 19.8. The van der Waals surface area contributed by atoms with Crippen LogP contribution in [0.3, 0.4) is 0 Å². The number of hydrogen-bond donors (Lipinski definition) is 1. The van der Waals surface area contributed by atoms with Gasteiger partial charge in [0.05, 0.1) is 5.69 Å². The molecule has 1 aromatic heterocycles. The predicted molar refractivity (Wildman–Crippen MR) is 122 cm³/mol. The molecule has 2 heteroatoms. The maximum atomic E-state index is 4.74. The minimum absolute atomic E-state index is 0.536. The van der Waals surface area contributed by atoms with E-state index in [1.165, 1.54) is 58.2 Å². The molecule has 29 heavy (non-hydrogen) atoms. The van der Waals surface area contributed by atoms with Crippen molar-refractivity contribution in [2.24, 2.45) is 0 Å². The largest absolute Gasteiger partial charge is 0.308 e. The van der Waals surface area contributed by atoms with Crippen molar-refractivity contribution in [3.63, 3.8) is 0 Å². The predicted octanol–water partition coefficient (Wildman–Crippen LogP) is 6.41. The molecule has 0 saturated heterocycles. The molecule has 1 N–H and O–H groups in total. The first-order valence-electron chi connectivity index (χ1n) is 10.8. The van der Waals surface area contributed by atoms with Crippen molar-refractivity contribution in [3.8, 4) is 11.1 Å². The van der Waals surface area contributed by atoms with Gasteiger partial charge in [0.1, 0.15) is 0 Å². The molecule has 2 atom stereocenters. The van der Waals surface area contributed by atoms with Crippen LogP contribution in [0.25, 0.3) is 11.1 Å². The molecule has 150 valence electrons. The molecule has 0 amide bonds. The van der Waals surface area contributed by atoms with Crippen molar-refractivity contribution in [3.05, 3.63) is 88.2 Å². The molecule has 0 bridgehead atoms. The Morgan fingerprint density at radius 1 is 0.862 bits per heavy atom. The lowest BCUT2D eigenvalue weighted by molar-refractivity contribution is 0.473. The summed E-state index contributed by atoms with van der Waals surface area (Å²) in [5.41, 5.74) is 10.6. The average Bonchev–Trinajstić information content (AvgIpc) is 3.18. The summed E-state index contributed by atoms with van der Waals surface area (Å²) in [6.07, 6.45) is 5.84. The lowest BCUT2D eigenvalue weighted by atomic mass is 9.88. The van der Waals surface area contributed by atoms with Crippen molar-refractivity contribution in [2.45, 2.75) is 65.5 Å². The fraction of sp³-hybridized carbons (Fsp3) is 0.370. The normalized spacial score (nSPS) is 18.9. The van der Waals surface area contributed by atoms with Gasteiger partial charge in [-0.1, -0.05) is 48.9 Å². The van der Waals surface area contributed by atoms with Crippen molar-refractivity contribution in [2.75, 3.05) is 0 Å². The van der Waals surface area contributed by atoms with Crippen molar-refractivity contribution < 1.29 is 0 Å². The molecule has 0 spiro atoms. The Kier molecular flexibility index (Phi) is 5.82. The minimum atomic E-state index is 0.536. The van der Waals surface area contributed by atoms with Gasteiger partial charge < -0.3 is 5.32 Å². The number of rotatable bonds is 5. The van der Waals surface area contributed by atoms with Gasteiger partial charge in [-0.15, -0.1) is 0 Å². The number of aryl methyl sites for hydroxylation is 4. The van der Waals surface area contributed by atoms with Gasteiger partial charge in [-0.2, -0.15) is 0 Å². The second-order valence-corrected chi connectivity index (χ2v) is 8.67. The lowest BCUT2D eigenvalue weighted by Crippen LogP contribution is -2.31. The van der Waals surface area contributed by atoms with E-state index >= 15 is 0 Å². The van der Waals surface area contributed by atoms with Crippen molar-refractivity contribution in [1.29, 1.82) is 0 Å². The van der Waals surface area contributed by atoms with Crippen LogP contribution in [0.5, 0.6) is 0 Å². The summed E-state index contributed by atoms with van der Waals surface area (Å²) < 4.78 is 0. The van der Waals surface area contributed by atoms with E-state index in [-0.39, 0.29) is 0 Å². The third-order valence-electron chi connectivity index (χ3n) is 6.62. The van der Waals surface area contributed by atoms with Gasteiger partial charge in [-0.25, -0.2) is 0 Å². The maximum Gasteiger partial charge on any atom is 0.0542 e. The highest BCUT2D eigenvalue weighted by Crippen LogP contribution is 2.37. The molecule has 3 aromatic rings. The first-order valence-corrected chi connectivity index (χ1v) is 10.8. The second kappa shape index (κ2) is 8.51. The SMILES string of the molecule is Cc1cc(C)c(C2CCCC2NCc2ccc(-c3ccccc3C)cn2)cc1C. The van der Waals surface area contributed by atoms with Crippen LogP contribution < -0.4 is 5.32 Å². The standard InChI is InChI=1S/C27H32N2/c1-18-8-5-6-9-24(18)22-12-13-23(28-16-22)17-29-27-11-7-10-25(27)26-15-20(3)19(2)14-21(26)4/h5-6,8-9,12-16,25,27,29H,7,10-11,17H2,1-4H3. The highest BCUT2D eigenvalue weighted by molar-refractivity contribution is 5.66. The highest BCUT2D eigenvalue weighted by Gasteiger charge is 2.29. The number of benzene rings is 2. The zero-order valence-corrected chi connectivity index (χ0v) is 18.1. The van der Waals surface area contributed by atoms with Crippen molar-refractivity contribution >= 4 is 0 Å². The number of aromatic nitrogens is 1. The zero-order chi connectivity index (χ0) is 20.4. The minimum Gasteiger partial charge on any atom is -0.308 e. The van der Waals surface area contributed by atoms with E-state index < -0.39 is 0 Å². The smallest absolute Gasteiger partial charge is 0.0542 e. The molecule has 1 saturated carbocycles. The van der Waals surface area contributed by atoms with Gasteiger partial charge in [0.15, 0.2) is 0 Å². The van der Waals surface area contributed by atoms with Gasteiger partial charge in [0.2, 0.25) is 0 Å². The topological polar surface area (TPSA) is 24.9 Å². The molecule has 0 radical (unpaired) electrons. The van der Waals surface area contributed by atoms with Gasteiger partial charge in [0.25, 0.3) is 0 Å². The van der Waals surface area contributed by atoms with E-state index in [1.807, 2.05) is 6.20 Å². The molecule has 2 unspecified atom stereocenters. The quantitative estimate of drug-likeness (QED) is 0.550. The summed E-state index contributed by atoms with van der Waals surface area (Å²) in [6, 6.07) is 18.2. The van der Waals surface area contributed by atoms with E-state index in [9.17, 15) is 0 Å². The number of pyridine rings is 1. The van der Waals surface area contributed by atoms with E-state index in [2.05, 4.69) is 81.5 Å². The molecular weight excluding hydrogens is 352 g/mol. The second-order valence-electron chi connectivity index (χ2n) is 8.67. The Balaban J connectivity index is 1.45. The molecule has 2 aromatic carbocycles. The summed E-state index contributed by atoms with van der Waals surface area (Å²) in [7, 11) is 0. The number of nitrogens with zero attached hydrogens (tertiary/aromatic N) is 1. The fourth-order valence-corrected chi connectivity index (χ4v) is 4.78. The van der Waals surface area contributed by atoms with Crippen LogP contribution in [-0.4, -0.2) is 11.0 Å². The van der Waals surface area contributed by atoms with Gasteiger partial charge in [0, 0.05) is 24.3 Å². The van der Waals surface area contributed by atoms with Gasteiger partial charge in [-0.3, -0.25) is 4.98 Å². The van der Waals surface area contributed by atoms with Crippen LogP contribution in [0.2, 0.25) is 0 Å². The number of nitrogens with one attached hydrogen (secondary N) is 1. The van der Waals surface area contributed by atoms with E-state index in [4.69, 9.17) is 4.98 Å². The van der Waals surface area contributed by atoms with E-state index in [0.717, 1.165) is 12.2 Å². The van der Waals surface area contributed by atoms with Crippen LogP contribution in [0.4, 0.5) is 0 Å². The van der Waals surface area contributed by atoms with Crippen LogP contribution in [0.1, 0.15) is 58.7 Å². The van der Waals surface area contributed by atoms with Crippen LogP contribution in [-0.2, 0) is 6.54 Å². The molecule has 0 aliphatic heterocycles. The number of hydrogen-bond acceptors (Lipinski definition) is 2. The fourth-order valence-electron chi connectivity index (χ4n) is 4.78. The Morgan fingerprint density at radius 2 is 1.66 bits per heavy atom. The maximum absolute atomic E-state index is 4.74. The Morgan fingerprint density at radius 3 is 2.41 bits per heavy atom. The molecule has 1 heterocycles. The molecule has 1 aliphatic rings. The summed E-state index contributed by atoms with van der Waals surface area (Å²) in [6.45, 7) is 9.69. The third kappa shape index (κ3) is 4.28. The Hall–Kier alpha value is -2.45. The van der Waals surface area contributed by atoms with Gasteiger partial charge in [-0.05, 0) is 85.9 Å². The molecule has 1 aliphatic carbocycles. The third-order valence-corrected chi connectivity index (χ3v) is 6.62. The molecule has 4 rings (SSSR count). The Bertz CT molecular complexity index is 988. The summed E-state index contributed by atoms with van der Waals surface area (Å²) >= 11 is 0. The molecule has 1 fully saturated rings. The van der Waals surface area contributed by atoms with E-state index in [1.54, 1.807) is 0 Å². The zero-order valence-electron chi connectivity index (χ0n) is 18.1. The average molecular weight is 385 g/mol. The molecular formula is C27H32N2. The Labute approximate surface area is 175 Å². The lowest BCUT2D eigenvalue weighted by Gasteiger charge is -2.24. The summed E-state index contributed by atoms with van der Waals surface area (Å²) in [4.78, 5) is 4.74. The van der Waals surface area contributed by atoms with Crippen LogP contribution >= 0.6 is 0 Å². The summed E-state index contributed by atoms with van der Waals surface area (Å²) in [5, 5.41) is 3.82. The highest BCUT2D eigenvalue weighted by atomic mass is 14.9. The van der Waals surface area contributed by atoms with Crippen LogP contribution in [0, 0.1) is 27.7 Å². The van der Waals surface area contributed by atoms with Gasteiger partial charge >= 0.3 is 0 Å². The summed E-state index contributed by atoms with van der Waals surface area (Å²) in [5.74, 6) is 0.612. The first-order chi connectivity index (χ1) is 14.0. The monoisotopic (exact) mass is 384 g/mol.